The normalized spacial score (nSPS) is 38.9. The monoisotopic (exact) mass is 240 g/mol. The number of hydrogen-bond acceptors (Lipinski definition) is 3. The summed E-state index contributed by atoms with van der Waals surface area (Å²) in [4.78, 5) is 11.0. The van der Waals surface area contributed by atoms with E-state index in [0.29, 0.717) is 18.1 Å². The van der Waals surface area contributed by atoms with Crippen LogP contribution >= 0.6 is 0 Å². The molecule has 17 heavy (non-hydrogen) atoms. The molecule has 4 heteroatoms. The highest BCUT2D eigenvalue weighted by atomic mass is 16.4. The van der Waals surface area contributed by atoms with Crippen LogP contribution < -0.4 is 11.1 Å². The lowest BCUT2D eigenvalue weighted by Crippen LogP contribution is -2.45. The third-order valence-electron chi connectivity index (χ3n) is 4.27. The fourth-order valence-corrected chi connectivity index (χ4v) is 3.18. The van der Waals surface area contributed by atoms with Crippen LogP contribution in [0.4, 0.5) is 0 Å². The van der Waals surface area contributed by atoms with Gasteiger partial charge in [0.05, 0.1) is 5.92 Å². The van der Waals surface area contributed by atoms with Gasteiger partial charge in [0.15, 0.2) is 0 Å². The third kappa shape index (κ3) is 3.68. The lowest BCUT2D eigenvalue weighted by atomic mass is 9.84. The molecular formula is C13H24N2O2. The van der Waals surface area contributed by atoms with Gasteiger partial charge in [0.1, 0.15) is 0 Å². The van der Waals surface area contributed by atoms with E-state index < -0.39 is 5.97 Å². The zero-order chi connectivity index (χ0) is 12.3. The largest absolute Gasteiger partial charge is 0.481 e. The van der Waals surface area contributed by atoms with E-state index in [1.165, 1.54) is 0 Å². The molecule has 0 aromatic carbocycles. The number of carboxylic acids is 1. The minimum Gasteiger partial charge on any atom is -0.481 e. The van der Waals surface area contributed by atoms with Crippen molar-refractivity contribution in [3.63, 3.8) is 0 Å². The molecule has 0 spiro atoms. The molecule has 0 aromatic rings. The summed E-state index contributed by atoms with van der Waals surface area (Å²) in [7, 11) is 0. The number of carboxylic acid groups (broad SMARTS) is 1. The molecule has 4 nitrogen and oxygen atoms in total. The van der Waals surface area contributed by atoms with E-state index >= 15 is 0 Å². The Labute approximate surface area is 103 Å². The quantitative estimate of drug-likeness (QED) is 0.698. The number of nitrogens with two attached hydrogens (primary N) is 1. The smallest absolute Gasteiger partial charge is 0.306 e. The summed E-state index contributed by atoms with van der Waals surface area (Å²) in [6.45, 7) is 0. The second-order valence-corrected chi connectivity index (χ2v) is 5.68. The van der Waals surface area contributed by atoms with Crippen molar-refractivity contribution in [2.24, 2.45) is 11.7 Å². The molecule has 0 radical (unpaired) electrons. The summed E-state index contributed by atoms with van der Waals surface area (Å²) >= 11 is 0. The Kier molecular flexibility index (Phi) is 4.40. The molecule has 2 unspecified atom stereocenters. The molecule has 2 aliphatic rings. The predicted octanol–water partition coefficient (Wildman–Crippen LogP) is 1.49. The number of hydrogen-bond donors (Lipinski definition) is 3. The lowest BCUT2D eigenvalue weighted by Gasteiger charge is -2.34. The van der Waals surface area contributed by atoms with E-state index in [0.717, 1.165) is 51.4 Å². The summed E-state index contributed by atoms with van der Waals surface area (Å²) in [6, 6.07) is 1.35. The lowest BCUT2D eigenvalue weighted by molar-refractivity contribution is -0.143. The summed E-state index contributed by atoms with van der Waals surface area (Å²) in [6.07, 6.45) is 8.33. The number of aliphatic carboxylic acids is 1. The number of carbonyl (C=O) groups is 1. The summed E-state index contributed by atoms with van der Waals surface area (Å²) < 4.78 is 0. The van der Waals surface area contributed by atoms with Crippen LogP contribution in [-0.4, -0.2) is 29.2 Å². The van der Waals surface area contributed by atoms with E-state index in [2.05, 4.69) is 5.32 Å². The first-order valence-electron chi connectivity index (χ1n) is 6.89. The average molecular weight is 240 g/mol. The van der Waals surface area contributed by atoms with Crippen molar-refractivity contribution in [3.8, 4) is 0 Å². The van der Waals surface area contributed by atoms with Gasteiger partial charge in [-0.15, -0.1) is 0 Å². The van der Waals surface area contributed by atoms with Gasteiger partial charge >= 0.3 is 5.97 Å². The molecule has 0 heterocycles. The van der Waals surface area contributed by atoms with E-state index in [-0.39, 0.29) is 5.92 Å². The molecule has 2 saturated carbocycles. The zero-order valence-electron chi connectivity index (χ0n) is 10.4. The Morgan fingerprint density at radius 1 is 1.06 bits per heavy atom. The van der Waals surface area contributed by atoms with E-state index in [1.807, 2.05) is 0 Å². The van der Waals surface area contributed by atoms with Crippen LogP contribution in [0.5, 0.6) is 0 Å². The Hall–Kier alpha value is -0.610. The van der Waals surface area contributed by atoms with Crippen molar-refractivity contribution in [2.45, 2.75) is 69.5 Å². The molecule has 0 aliphatic heterocycles. The molecule has 0 amide bonds. The van der Waals surface area contributed by atoms with Crippen LogP contribution in [0.25, 0.3) is 0 Å². The summed E-state index contributed by atoms with van der Waals surface area (Å²) in [5.41, 5.74) is 5.89. The van der Waals surface area contributed by atoms with Gasteiger partial charge < -0.3 is 16.2 Å². The fraction of sp³-hybridized carbons (Fsp3) is 0.923. The molecule has 2 rings (SSSR count). The van der Waals surface area contributed by atoms with Gasteiger partial charge in [-0.2, -0.15) is 0 Å². The Morgan fingerprint density at radius 3 is 2.41 bits per heavy atom. The molecule has 4 N–H and O–H groups in total. The maximum absolute atomic E-state index is 11.0. The molecule has 0 bridgehead atoms. The van der Waals surface area contributed by atoms with Crippen molar-refractivity contribution in [2.75, 3.05) is 0 Å². The second-order valence-electron chi connectivity index (χ2n) is 5.68. The van der Waals surface area contributed by atoms with Gasteiger partial charge in [-0.05, 0) is 44.9 Å². The van der Waals surface area contributed by atoms with Gasteiger partial charge in [0.25, 0.3) is 0 Å². The van der Waals surface area contributed by atoms with Crippen molar-refractivity contribution in [3.05, 3.63) is 0 Å². The Balaban J connectivity index is 1.76. The Morgan fingerprint density at radius 2 is 1.76 bits per heavy atom. The van der Waals surface area contributed by atoms with Gasteiger partial charge in [-0.25, -0.2) is 0 Å². The fourth-order valence-electron chi connectivity index (χ4n) is 3.18. The first kappa shape index (κ1) is 12.8. The van der Waals surface area contributed by atoms with Crippen molar-refractivity contribution in [1.29, 1.82) is 0 Å². The van der Waals surface area contributed by atoms with Gasteiger partial charge in [0, 0.05) is 18.1 Å². The third-order valence-corrected chi connectivity index (χ3v) is 4.27. The maximum atomic E-state index is 11.0. The highest BCUT2D eigenvalue weighted by molar-refractivity contribution is 5.70. The van der Waals surface area contributed by atoms with Crippen LogP contribution in [0.3, 0.4) is 0 Å². The first-order valence-corrected chi connectivity index (χ1v) is 6.89. The standard InChI is InChI=1S/C13H24N2O2/c14-10-4-6-11(7-5-10)15-12-3-1-2-9(8-12)13(16)17/h9-12,15H,1-8,14H2,(H,16,17). The maximum Gasteiger partial charge on any atom is 0.306 e. The van der Waals surface area contributed by atoms with Crippen LogP contribution in [0.2, 0.25) is 0 Å². The molecule has 2 fully saturated rings. The highest BCUT2D eigenvalue weighted by Crippen LogP contribution is 2.26. The molecule has 0 saturated heterocycles. The van der Waals surface area contributed by atoms with E-state index in [4.69, 9.17) is 10.8 Å². The minimum absolute atomic E-state index is 0.132. The van der Waals surface area contributed by atoms with Crippen molar-refractivity contribution >= 4 is 5.97 Å². The van der Waals surface area contributed by atoms with Crippen molar-refractivity contribution < 1.29 is 9.90 Å². The molecule has 98 valence electrons. The molecule has 2 aliphatic carbocycles. The molecule has 2 atom stereocenters. The van der Waals surface area contributed by atoms with Crippen LogP contribution in [0.15, 0.2) is 0 Å². The number of nitrogens with one attached hydrogen (secondary N) is 1. The summed E-state index contributed by atoms with van der Waals surface area (Å²) in [5.74, 6) is -0.755. The first-order chi connectivity index (χ1) is 8.15. The van der Waals surface area contributed by atoms with E-state index in [1.54, 1.807) is 0 Å². The van der Waals surface area contributed by atoms with Crippen LogP contribution in [0, 0.1) is 5.92 Å². The highest BCUT2D eigenvalue weighted by Gasteiger charge is 2.29. The van der Waals surface area contributed by atoms with Crippen molar-refractivity contribution in [1.82, 2.24) is 5.32 Å². The van der Waals surface area contributed by atoms with Gasteiger partial charge in [0.2, 0.25) is 0 Å². The average Bonchev–Trinajstić information content (AvgIpc) is 2.32. The molecular weight excluding hydrogens is 216 g/mol. The van der Waals surface area contributed by atoms with Crippen LogP contribution in [-0.2, 0) is 4.79 Å². The molecule has 0 aromatic heterocycles. The second kappa shape index (κ2) is 5.83. The SMILES string of the molecule is NC1CCC(NC2CCCC(C(=O)O)C2)CC1. The van der Waals surface area contributed by atoms with E-state index in [9.17, 15) is 4.79 Å². The topological polar surface area (TPSA) is 75.3 Å². The van der Waals surface area contributed by atoms with Gasteiger partial charge in [-0.3, -0.25) is 4.79 Å². The zero-order valence-corrected chi connectivity index (χ0v) is 10.4. The predicted molar refractivity (Wildman–Crippen MR) is 66.7 cm³/mol. The number of rotatable bonds is 3. The minimum atomic E-state index is -0.623. The summed E-state index contributed by atoms with van der Waals surface area (Å²) in [5, 5.41) is 12.7. The Bertz CT molecular complexity index is 262. The van der Waals surface area contributed by atoms with Gasteiger partial charge in [-0.1, -0.05) is 6.42 Å². The van der Waals surface area contributed by atoms with Crippen LogP contribution in [0.1, 0.15) is 51.4 Å².